The fraction of sp³-hybridized carbons (Fsp3) is 0.308. The van der Waals surface area contributed by atoms with Gasteiger partial charge in [0.25, 0.3) is 5.91 Å². The van der Waals surface area contributed by atoms with Crippen molar-refractivity contribution in [1.29, 1.82) is 0 Å². The molecule has 2 heterocycles. The van der Waals surface area contributed by atoms with Gasteiger partial charge in [0, 0.05) is 16.6 Å². The van der Waals surface area contributed by atoms with Gasteiger partial charge in [-0.2, -0.15) is 0 Å². The molecule has 1 aromatic heterocycles. The number of hydrogen-bond donors (Lipinski definition) is 3. The number of aliphatic hydroxyl groups is 1. The predicted molar refractivity (Wildman–Crippen MR) is 75.2 cm³/mol. The van der Waals surface area contributed by atoms with Crippen LogP contribution < -0.4 is 15.4 Å². The monoisotopic (exact) mass is 278 g/mol. The normalized spacial score (nSPS) is 18.4. The van der Waals surface area contributed by atoms with Crippen molar-refractivity contribution in [3.05, 3.63) is 23.1 Å². The Morgan fingerprint density at radius 1 is 1.53 bits per heavy atom. The van der Waals surface area contributed by atoms with E-state index in [-0.39, 0.29) is 18.6 Å². The average molecular weight is 278 g/mol. The number of fused-ring (bicyclic) bond motifs is 3. The lowest BCUT2D eigenvalue weighted by molar-refractivity contribution is 0.0928. The lowest BCUT2D eigenvalue weighted by Crippen LogP contribution is -2.39. The van der Waals surface area contributed by atoms with E-state index in [4.69, 9.17) is 4.74 Å². The molecule has 0 saturated carbocycles. The van der Waals surface area contributed by atoms with Gasteiger partial charge in [-0.05, 0) is 18.2 Å². The third-order valence-corrected chi connectivity index (χ3v) is 4.35. The molecule has 1 amide bonds. The van der Waals surface area contributed by atoms with Crippen molar-refractivity contribution >= 4 is 33.0 Å². The zero-order chi connectivity index (χ0) is 13.4. The second-order valence-corrected chi connectivity index (χ2v) is 5.45. The number of methoxy groups -OCH3 is 1. The maximum absolute atomic E-state index is 12.1. The standard InChI is InChI=1S/C13H14N2O3S/c1-18-8-2-3-10-9(4-8)11-12(19-10)13(17)15-7(6-16)5-14-11/h2-4,7,14,16H,5-6H2,1H3,(H,15,17)/t7-/m0/s1. The van der Waals surface area contributed by atoms with Gasteiger partial charge in [-0.15, -0.1) is 11.3 Å². The molecule has 3 N–H and O–H groups in total. The van der Waals surface area contributed by atoms with Crippen LogP contribution in [0.25, 0.3) is 10.1 Å². The number of hydrogen-bond acceptors (Lipinski definition) is 5. The molecule has 5 nitrogen and oxygen atoms in total. The Hall–Kier alpha value is -1.79. The number of anilines is 1. The van der Waals surface area contributed by atoms with Crippen LogP contribution in [0.15, 0.2) is 18.2 Å². The summed E-state index contributed by atoms with van der Waals surface area (Å²) in [6.45, 7) is 0.438. The highest BCUT2D eigenvalue weighted by Crippen LogP contribution is 2.38. The number of rotatable bonds is 2. The molecule has 0 bridgehead atoms. The molecule has 2 aromatic rings. The van der Waals surface area contributed by atoms with Crippen molar-refractivity contribution in [1.82, 2.24) is 5.32 Å². The summed E-state index contributed by atoms with van der Waals surface area (Å²) >= 11 is 1.44. The SMILES string of the molecule is COc1ccc2sc3c(c2c1)NC[C@@H](CO)NC3=O. The van der Waals surface area contributed by atoms with Gasteiger partial charge in [-0.25, -0.2) is 0 Å². The molecule has 1 aliphatic rings. The first-order chi connectivity index (χ1) is 9.22. The number of amides is 1. The van der Waals surface area contributed by atoms with Crippen LogP contribution in [-0.2, 0) is 0 Å². The Bertz CT molecular complexity index is 638. The fourth-order valence-corrected chi connectivity index (χ4v) is 3.24. The van der Waals surface area contributed by atoms with E-state index in [1.54, 1.807) is 7.11 Å². The molecular weight excluding hydrogens is 264 g/mol. The number of thiophene rings is 1. The summed E-state index contributed by atoms with van der Waals surface area (Å²) < 4.78 is 6.26. The van der Waals surface area contributed by atoms with Crippen molar-refractivity contribution in [2.45, 2.75) is 6.04 Å². The van der Waals surface area contributed by atoms with Crippen LogP contribution in [0.2, 0.25) is 0 Å². The third-order valence-electron chi connectivity index (χ3n) is 3.18. The summed E-state index contributed by atoms with van der Waals surface area (Å²) in [5.74, 6) is 0.623. The van der Waals surface area contributed by atoms with Gasteiger partial charge >= 0.3 is 0 Å². The first-order valence-electron chi connectivity index (χ1n) is 5.99. The molecule has 0 aliphatic carbocycles. The van der Waals surface area contributed by atoms with Crippen LogP contribution in [0.4, 0.5) is 5.69 Å². The van der Waals surface area contributed by atoms with Gasteiger partial charge in [0.2, 0.25) is 0 Å². The van der Waals surface area contributed by atoms with E-state index in [0.717, 1.165) is 21.5 Å². The van der Waals surface area contributed by atoms with Crippen molar-refractivity contribution in [2.24, 2.45) is 0 Å². The second kappa shape index (κ2) is 4.71. The highest BCUT2D eigenvalue weighted by molar-refractivity contribution is 7.21. The van der Waals surface area contributed by atoms with E-state index < -0.39 is 0 Å². The lowest BCUT2D eigenvalue weighted by Gasteiger charge is -2.12. The van der Waals surface area contributed by atoms with Gasteiger partial charge in [0.1, 0.15) is 10.6 Å². The average Bonchev–Trinajstić information content (AvgIpc) is 2.72. The highest BCUT2D eigenvalue weighted by Gasteiger charge is 2.25. The summed E-state index contributed by atoms with van der Waals surface area (Å²) in [7, 11) is 1.62. The van der Waals surface area contributed by atoms with Crippen molar-refractivity contribution in [3.63, 3.8) is 0 Å². The Kier molecular flexibility index (Phi) is 3.04. The lowest BCUT2D eigenvalue weighted by atomic mass is 10.2. The van der Waals surface area contributed by atoms with E-state index in [9.17, 15) is 9.90 Å². The number of aliphatic hydroxyl groups excluding tert-OH is 1. The molecule has 0 radical (unpaired) electrons. The molecule has 100 valence electrons. The number of benzene rings is 1. The van der Waals surface area contributed by atoms with Crippen LogP contribution in [0.5, 0.6) is 5.75 Å². The summed E-state index contributed by atoms with van der Waals surface area (Å²) in [5, 5.41) is 16.2. The molecule has 3 rings (SSSR count). The van der Waals surface area contributed by atoms with Gasteiger partial charge in [-0.1, -0.05) is 0 Å². The minimum absolute atomic E-state index is 0.0745. The summed E-state index contributed by atoms with van der Waals surface area (Å²) in [5.41, 5.74) is 0.826. The Balaban J connectivity index is 2.12. The van der Waals surface area contributed by atoms with Crippen molar-refractivity contribution in [2.75, 3.05) is 25.6 Å². The topological polar surface area (TPSA) is 70.6 Å². The fourth-order valence-electron chi connectivity index (χ4n) is 2.18. The molecule has 0 unspecified atom stereocenters. The van der Waals surface area contributed by atoms with E-state index >= 15 is 0 Å². The first-order valence-corrected chi connectivity index (χ1v) is 6.80. The van der Waals surface area contributed by atoms with Crippen LogP contribution in [0.1, 0.15) is 9.67 Å². The smallest absolute Gasteiger partial charge is 0.263 e. The zero-order valence-corrected chi connectivity index (χ0v) is 11.2. The van der Waals surface area contributed by atoms with Crippen molar-refractivity contribution in [3.8, 4) is 5.75 Å². The minimum Gasteiger partial charge on any atom is -0.497 e. The third kappa shape index (κ3) is 2.02. The Labute approximate surface area is 114 Å². The number of carbonyl (C=O) groups is 1. The summed E-state index contributed by atoms with van der Waals surface area (Å²) in [4.78, 5) is 12.8. The molecule has 0 saturated heterocycles. The minimum atomic E-state index is -0.257. The summed E-state index contributed by atoms with van der Waals surface area (Å²) in [6, 6.07) is 5.50. The Morgan fingerprint density at radius 3 is 3.11 bits per heavy atom. The van der Waals surface area contributed by atoms with Crippen LogP contribution in [0.3, 0.4) is 0 Å². The van der Waals surface area contributed by atoms with E-state index in [1.165, 1.54) is 11.3 Å². The highest BCUT2D eigenvalue weighted by atomic mass is 32.1. The van der Waals surface area contributed by atoms with Gasteiger partial charge in [-0.3, -0.25) is 4.79 Å². The van der Waals surface area contributed by atoms with Gasteiger partial charge in [0.05, 0.1) is 25.4 Å². The summed E-state index contributed by atoms with van der Waals surface area (Å²) in [6.07, 6.45) is 0. The predicted octanol–water partition coefficient (Wildman–Crippen LogP) is 1.43. The number of nitrogens with one attached hydrogen (secondary N) is 2. The largest absolute Gasteiger partial charge is 0.497 e. The number of ether oxygens (including phenoxy) is 1. The quantitative estimate of drug-likeness (QED) is 0.777. The van der Waals surface area contributed by atoms with Gasteiger partial charge < -0.3 is 20.5 Å². The first kappa shape index (κ1) is 12.3. The maximum Gasteiger partial charge on any atom is 0.263 e. The second-order valence-electron chi connectivity index (χ2n) is 4.40. The number of carbonyl (C=O) groups excluding carboxylic acids is 1. The molecule has 0 spiro atoms. The van der Waals surface area contributed by atoms with Crippen LogP contribution in [0, 0.1) is 0 Å². The zero-order valence-electron chi connectivity index (χ0n) is 10.4. The molecule has 1 aromatic carbocycles. The molecule has 1 atom stereocenters. The van der Waals surface area contributed by atoms with Crippen molar-refractivity contribution < 1.29 is 14.6 Å². The van der Waals surface area contributed by atoms with E-state index in [1.807, 2.05) is 18.2 Å². The molecule has 0 fully saturated rings. The van der Waals surface area contributed by atoms with E-state index in [0.29, 0.717) is 11.4 Å². The molecule has 19 heavy (non-hydrogen) atoms. The van der Waals surface area contributed by atoms with Crippen LogP contribution in [-0.4, -0.2) is 37.3 Å². The maximum atomic E-state index is 12.1. The van der Waals surface area contributed by atoms with E-state index in [2.05, 4.69) is 10.6 Å². The van der Waals surface area contributed by atoms with Crippen LogP contribution >= 0.6 is 11.3 Å². The molecular formula is C13H14N2O3S. The van der Waals surface area contributed by atoms with Gasteiger partial charge in [0.15, 0.2) is 0 Å². The Morgan fingerprint density at radius 2 is 2.37 bits per heavy atom. The molecule has 6 heteroatoms. The molecule has 1 aliphatic heterocycles.